The molecule has 1 N–H and O–H groups in total. The van der Waals surface area contributed by atoms with E-state index in [9.17, 15) is 13.2 Å². The third-order valence-corrected chi connectivity index (χ3v) is 3.50. The van der Waals surface area contributed by atoms with E-state index in [1.54, 1.807) is 18.5 Å². The highest BCUT2D eigenvalue weighted by Crippen LogP contribution is 2.43. The van der Waals surface area contributed by atoms with Crippen LogP contribution >= 0.6 is 0 Å². The molecular formula is C14H13F3N4. The minimum atomic E-state index is -4.35. The van der Waals surface area contributed by atoms with E-state index in [1.165, 1.54) is 6.07 Å². The molecule has 7 heteroatoms. The Balaban J connectivity index is 1.66. The predicted octanol–water partition coefficient (Wildman–Crippen LogP) is 2.67. The molecule has 0 aliphatic heterocycles. The summed E-state index contributed by atoms with van der Waals surface area (Å²) >= 11 is 0. The molecule has 0 amide bonds. The molecule has 110 valence electrons. The number of nitrogens with one attached hydrogen (secondary N) is 1. The maximum Gasteiger partial charge on any atom is 0.417 e. The normalized spacial score (nSPS) is 16.7. The molecule has 1 aliphatic rings. The van der Waals surface area contributed by atoms with Gasteiger partial charge in [-0.1, -0.05) is 0 Å². The van der Waals surface area contributed by atoms with Crippen LogP contribution in [-0.2, 0) is 18.3 Å². The van der Waals surface area contributed by atoms with E-state index in [1.807, 2.05) is 0 Å². The van der Waals surface area contributed by atoms with Gasteiger partial charge >= 0.3 is 6.18 Å². The van der Waals surface area contributed by atoms with Crippen LogP contribution in [0, 0.1) is 0 Å². The van der Waals surface area contributed by atoms with Gasteiger partial charge in [0.05, 0.1) is 16.8 Å². The van der Waals surface area contributed by atoms with Crippen molar-refractivity contribution in [1.82, 2.24) is 20.3 Å². The first-order valence-electron chi connectivity index (χ1n) is 6.54. The maximum absolute atomic E-state index is 12.5. The van der Waals surface area contributed by atoms with E-state index in [2.05, 4.69) is 20.3 Å². The van der Waals surface area contributed by atoms with Crippen molar-refractivity contribution in [2.75, 3.05) is 0 Å². The SMILES string of the molecule is FC(F)(F)c1ccc(CNC2(c3ncccn3)CC2)nc1. The number of alkyl halides is 3. The lowest BCUT2D eigenvalue weighted by Gasteiger charge is -2.15. The third kappa shape index (κ3) is 3.02. The van der Waals surface area contributed by atoms with Gasteiger partial charge in [-0.25, -0.2) is 9.97 Å². The van der Waals surface area contributed by atoms with Crippen molar-refractivity contribution in [2.24, 2.45) is 0 Å². The van der Waals surface area contributed by atoms with Crippen molar-refractivity contribution >= 4 is 0 Å². The fourth-order valence-corrected chi connectivity index (χ4v) is 2.11. The lowest BCUT2D eigenvalue weighted by molar-refractivity contribution is -0.137. The van der Waals surface area contributed by atoms with Gasteiger partial charge in [-0.05, 0) is 31.0 Å². The second-order valence-electron chi connectivity index (χ2n) is 5.04. The zero-order chi connectivity index (χ0) is 14.9. The van der Waals surface area contributed by atoms with Gasteiger partial charge in [-0.15, -0.1) is 0 Å². The van der Waals surface area contributed by atoms with Crippen molar-refractivity contribution in [3.05, 3.63) is 53.9 Å². The van der Waals surface area contributed by atoms with Crippen molar-refractivity contribution in [2.45, 2.75) is 31.1 Å². The van der Waals surface area contributed by atoms with E-state index < -0.39 is 11.7 Å². The molecule has 0 bridgehead atoms. The van der Waals surface area contributed by atoms with E-state index >= 15 is 0 Å². The van der Waals surface area contributed by atoms with Crippen LogP contribution in [0.4, 0.5) is 13.2 Å². The zero-order valence-corrected chi connectivity index (χ0v) is 11.1. The van der Waals surface area contributed by atoms with Crippen LogP contribution in [-0.4, -0.2) is 15.0 Å². The third-order valence-electron chi connectivity index (χ3n) is 3.50. The number of pyridine rings is 1. The van der Waals surface area contributed by atoms with Crippen LogP contribution in [0.5, 0.6) is 0 Å². The summed E-state index contributed by atoms with van der Waals surface area (Å²) in [7, 11) is 0. The summed E-state index contributed by atoms with van der Waals surface area (Å²) in [4.78, 5) is 12.3. The Kier molecular flexibility index (Phi) is 3.36. The van der Waals surface area contributed by atoms with Gasteiger partial charge in [0.25, 0.3) is 0 Å². The summed E-state index contributed by atoms with van der Waals surface area (Å²) in [5.41, 5.74) is -0.435. The first-order chi connectivity index (χ1) is 10.00. The van der Waals surface area contributed by atoms with Crippen LogP contribution in [0.2, 0.25) is 0 Å². The average molecular weight is 294 g/mol. The molecule has 21 heavy (non-hydrogen) atoms. The van der Waals surface area contributed by atoms with Crippen LogP contribution < -0.4 is 5.32 Å². The van der Waals surface area contributed by atoms with Gasteiger partial charge in [-0.2, -0.15) is 13.2 Å². The number of hydrogen-bond acceptors (Lipinski definition) is 4. The van der Waals surface area contributed by atoms with Crippen molar-refractivity contribution in [3.8, 4) is 0 Å². The first kappa shape index (κ1) is 13.9. The maximum atomic E-state index is 12.5. The molecule has 0 unspecified atom stereocenters. The molecule has 0 saturated heterocycles. The molecule has 0 aromatic carbocycles. The first-order valence-corrected chi connectivity index (χ1v) is 6.54. The zero-order valence-electron chi connectivity index (χ0n) is 11.1. The van der Waals surface area contributed by atoms with Gasteiger partial charge < -0.3 is 0 Å². The number of rotatable bonds is 4. The molecular weight excluding hydrogens is 281 g/mol. The molecule has 3 rings (SSSR count). The fraction of sp³-hybridized carbons (Fsp3) is 0.357. The van der Waals surface area contributed by atoms with Gasteiger partial charge in [0.1, 0.15) is 5.82 Å². The molecule has 0 radical (unpaired) electrons. The summed E-state index contributed by atoms with van der Waals surface area (Å²) in [6, 6.07) is 4.18. The summed E-state index contributed by atoms with van der Waals surface area (Å²) in [6.45, 7) is 0.385. The highest BCUT2D eigenvalue weighted by Gasteiger charge is 2.46. The summed E-state index contributed by atoms with van der Waals surface area (Å²) < 4.78 is 37.4. The van der Waals surface area contributed by atoms with Crippen LogP contribution in [0.15, 0.2) is 36.8 Å². The Hall–Kier alpha value is -2.02. The standard InChI is InChI=1S/C14H13F3N4/c15-14(16,17)10-2-3-11(20-8-10)9-21-13(4-5-13)12-18-6-1-7-19-12/h1-3,6-8,21H,4-5,9H2. The Morgan fingerprint density at radius 3 is 2.33 bits per heavy atom. The van der Waals surface area contributed by atoms with Gasteiger partial charge in [-0.3, -0.25) is 10.3 Å². The lowest BCUT2D eigenvalue weighted by Crippen LogP contribution is -2.30. The van der Waals surface area contributed by atoms with E-state index in [4.69, 9.17) is 0 Å². The molecule has 0 spiro atoms. The fourth-order valence-electron chi connectivity index (χ4n) is 2.11. The molecule has 1 aliphatic carbocycles. The number of hydrogen-bond donors (Lipinski definition) is 1. The molecule has 2 heterocycles. The summed E-state index contributed by atoms with van der Waals surface area (Å²) in [5, 5.41) is 3.29. The minimum Gasteiger partial charge on any atom is -0.299 e. The summed E-state index contributed by atoms with van der Waals surface area (Å²) in [5.74, 6) is 0.719. The highest BCUT2D eigenvalue weighted by molar-refractivity contribution is 5.19. The molecule has 2 aromatic heterocycles. The molecule has 4 nitrogen and oxygen atoms in total. The van der Waals surface area contributed by atoms with Crippen molar-refractivity contribution in [1.29, 1.82) is 0 Å². The predicted molar refractivity (Wildman–Crippen MR) is 69.0 cm³/mol. The molecule has 1 fully saturated rings. The molecule has 1 saturated carbocycles. The second kappa shape index (κ2) is 5.07. The van der Waals surface area contributed by atoms with E-state index in [0.717, 1.165) is 30.9 Å². The number of nitrogens with zero attached hydrogens (tertiary/aromatic N) is 3. The quantitative estimate of drug-likeness (QED) is 0.942. The Morgan fingerprint density at radius 2 is 1.81 bits per heavy atom. The Labute approximate surface area is 119 Å². The van der Waals surface area contributed by atoms with Gasteiger partial charge in [0, 0.05) is 25.1 Å². The van der Waals surface area contributed by atoms with Gasteiger partial charge in [0.15, 0.2) is 0 Å². The Bertz CT molecular complexity index is 606. The molecule has 2 aromatic rings. The average Bonchev–Trinajstić information content (AvgIpc) is 3.27. The van der Waals surface area contributed by atoms with Crippen LogP contribution in [0.1, 0.15) is 29.9 Å². The minimum absolute atomic E-state index is 0.258. The van der Waals surface area contributed by atoms with Crippen molar-refractivity contribution in [3.63, 3.8) is 0 Å². The lowest BCUT2D eigenvalue weighted by atomic mass is 10.2. The van der Waals surface area contributed by atoms with E-state index in [-0.39, 0.29) is 5.54 Å². The highest BCUT2D eigenvalue weighted by atomic mass is 19.4. The Morgan fingerprint density at radius 1 is 1.10 bits per heavy atom. The smallest absolute Gasteiger partial charge is 0.299 e. The number of aromatic nitrogens is 3. The van der Waals surface area contributed by atoms with Gasteiger partial charge in [0.2, 0.25) is 0 Å². The van der Waals surface area contributed by atoms with Crippen LogP contribution in [0.3, 0.4) is 0 Å². The summed E-state index contributed by atoms with van der Waals surface area (Å²) in [6.07, 6.45) is 1.69. The number of halogens is 3. The van der Waals surface area contributed by atoms with Crippen molar-refractivity contribution < 1.29 is 13.2 Å². The topological polar surface area (TPSA) is 50.7 Å². The van der Waals surface area contributed by atoms with E-state index in [0.29, 0.717) is 12.2 Å². The second-order valence-corrected chi connectivity index (χ2v) is 5.04. The molecule has 0 atom stereocenters. The largest absolute Gasteiger partial charge is 0.417 e. The monoisotopic (exact) mass is 294 g/mol. The van der Waals surface area contributed by atoms with Crippen LogP contribution in [0.25, 0.3) is 0 Å².